The van der Waals surface area contributed by atoms with E-state index in [4.69, 9.17) is 4.74 Å². The van der Waals surface area contributed by atoms with Crippen molar-refractivity contribution in [1.82, 2.24) is 0 Å². The fraction of sp³-hybridized carbons (Fsp3) is 1.00. The van der Waals surface area contributed by atoms with E-state index in [1.165, 1.54) is 57.8 Å². The predicted octanol–water partition coefficient (Wildman–Crippen LogP) is 5.96. The first-order valence-corrected chi connectivity index (χ1v) is 12.9. The van der Waals surface area contributed by atoms with E-state index in [2.05, 4.69) is 13.8 Å². The number of hydrogen-bond donors (Lipinski definition) is 2. The second-order valence-corrected chi connectivity index (χ2v) is 13.0. The van der Waals surface area contributed by atoms with Gasteiger partial charge in [-0.2, -0.15) is 0 Å². The Kier molecular flexibility index (Phi) is 6.17. The zero-order valence-corrected chi connectivity index (χ0v) is 20.4. The van der Waals surface area contributed by atoms with Crippen LogP contribution in [0.3, 0.4) is 0 Å². The minimum Gasteiger partial charge on any atom is -0.390 e. The molecule has 0 saturated heterocycles. The van der Waals surface area contributed by atoms with E-state index in [0.29, 0.717) is 23.4 Å². The van der Waals surface area contributed by atoms with E-state index in [0.717, 1.165) is 42.9 Å². The summed E-state index contributed by atoms with van der Waals surface area (Å²) in [5.41, 5.74) is -0.165. The maximum absolute atomic E-state index is 11.0. The van der Waals surface area contributed by atoms with Gasteiger partial charge in [0.05, 0.1) is 17.8 Å². The number of ether oxygens (including phenoxy) is 1. The van der Waals surface area contributed by atoms with E-state index < -0.39 is 11.2 Å². The zero-order valence-electron chi connectivity index (χ0n) is 20.4. The highest BCUT2D eigenvalue weighted by Gasteiger charge is 2.61. The summed E-state index contributed by atoms with van der Waals surface area (Å²) in [6, 6.07) is 0. The van der Waals surface area contributed by atoms with Crippen molar-refractivity contribution in [2.24, 2.45) is 40.4 Å². The lowest BCUT2D eigenvalue weighted by Gasteiger charge is -2.62. The third-order valence-electron chi connectivity index (χ3n) is 10.8. The first-order valence-electron chi connectivity index (χ1n) is 12.9. The van der Waals surface area contributed by atoms with Crippen LogP contribution in [0.5, 0.6) is 0 Å². The highest BCUT2D eigenvalue weighted by atomic mass is 16.5. The van der Waals surface area contributed by atoms with Crippen LogP contribution in [0, 0.1) is 40.4 Å². The van der Waals surface area contributed by atoms with Crippen molar-refractivity contribution in [3.8, 4) is 0 Å². The van der Waals surface area contributed by atoms with Gasteiger partial charge < -0.3 is 14.9 Å². The SMILES string of the molecule is COCC1(O)CCC2(C)C(CCC3C4CCC(CCCC(C)(C)O)C4(C)CCC32)C1. The van der Waals surface area contributed by atoms with Crippen LogP contribution in [-0.4, -0.2) is 35.1 Å². The molecule has 2 N–H and O–H groups in total. The molecule has 4 aliphatic carbocycles. The number of aliphatic hydroxyl groups is 2. The van der Waals surface area contributed by atoms with Gasteiger partial charge in [-0.05, 0) is 125 Å². The van der Waals surface area contributed by atoms with Crippen molar-refractivity contribution in [2.45, 2.75) is 116 Å². The fourth-order valence-corrected chi connectivity index (χ4v) is 9.09. The molecule has 4 aliphatic rings. The van der Waals surface area contributed by atoms with Crippen molar-refractivity contribution in [2.75, 3.05) is 13.7 Å². The molecule has 0 aromatic heterocycles. The van der Waals surface area contributed by atoms with Crippen LogP contribution < -0.4 is 0 Å². The van der Waals surface area contributed by atoms with E-state index >= 15 is 0 Å². The van der Waals surface area contributed by atoms with Crippen LogP contribution in [-0.2, 0) is 4.74 Å². The molecule has 4 rings (SSSR count). The molecule has 8 atom stereocenters. The molecule has 0 aliphatic heterocycles. The van der Waals surface area contributed by atoms with E-state index in [9.17, 15) is 10.2 Å². The van der Waals surface area contributed by atoms with Crippen molar-refractivity contribution in [1.29, 1.82) is 0 Å². The van der Waals surface area contributed by atoms with Gasteiger partial charge in [0.1, 0.15) is 0 Å². The van der Waals surface area contributed by atoms with Crippen molar-refractivity contribution in [3.05, 3.63) is 0 Å². The maximum Gasteiger partial charge on any atom is 0.0883 e. The van der Waals surface area contributed by atoms with Crippen molar-refractivity contribution >= 4 is 0 Å². The van der Waals surface area contributed by atoms with Crippen LogP contribution in [0.15, 0.2) is 0 Å². The summed E-state index contributed by atoms with van der Waals surface area (Å²) in [7, 11) is 1.72. The highest BCUT2D eigenvalue weighted by molar-refractivity contribution is 5.10. The van der Waals surface area contributed by atoms with E-state index in [-0.39, 0.29) is 0 Å². The maximum atomic E-state index is 11.0. The van der Waals surface area contributed by atoms with Crippen LogP contribution in [0.2, 0.25) is 0 Å². The molecule has 0 radical (unpaired) electrons. The van der Waals surface area contributed by atoms with Crippen LogP contribution in [0.4, 0.5) is 0 Å². The summed E-state index contributed by atoms with van der Waals surface area (Å²) in [4.78, 5) is 0. The third kappa shape index (κ3) is 4.01. The highest BCUT2D eigenvalue weighted by Crippen LogP contribution is 2.68. The molecule has 0 aromatic carbocycles. The number of hydrogen-bond acceptors (Lipinski definition) is 3. The standard InChI is InChI=1S/C27H48O3/c1-24(2,28)13-6-7-19-9-11-22-21-10-8-20-17-27(29,18-30-5)16-15-26(20,4)23(21)12-14-25(19,22)3/h19-23,28-29H,6-18H2,1-5H3. The molecule has 174 valence electrons. The minimum atomic E-state index is -0.589. The number of rotatable bonds is 6. The fourth-order valence-electron chi connectivity index (χ4n) is 9.09. The summed E-state index contributed by atoms with van der Waals surface area (Å²) in [5, 5.41) is 21.2. The Morgan fingerprint density at radius 3 is 2.37 bits per heavy atom. The molecule has 30 heavy (non-hydrogen) atoms. The molecule has 0 spiro atoms. The lowest BCUT2D eigenvalue weighted by atomic mass is 9.44. The topological polar surface area (TPSA) is 49.7 Å². The third-order valence-corrected chi connectivity index (χ3v) is 10.8. The summed E-state index contributed by atoms with van der Waals surface area (Å²) < 4.78 is 5.37. The lowest BCUT2D eigenvalue weighted by Crippen LogP contribution is -2.56. The Hall–Kier alpha value is -0.120. The summed E-state index contributed by atoms with van der Waals surface area (Å²) in [6.45, 7) is 9.62. The van der Waals surface area contributed by atoms with Crippen LogP contribution in [0.25, 0.3) is 0 Å². The Morgan fingerprint density at radius 2 is 1.67 bits per heavy atom. The van der Waals surface area contributed by atoms with Crippen LogP contribution >= 0.6 is 0 Å². The Labute approximate surface area is 185 Å². The van der Waals surface area contributed by atoms with Gasteiger partial charge >= 0.3 is 0 Å². The Bertz CT molecular complexity index is 612. The monoisotopic (exact) mass is 420 g/mol. The Balaban J connectivity index is 1.45. The molecule has 0 aromatic rings. The smallest absolute Gasteiger partial charge is 0.0883 e. The predicted molar refractivity (Wildman–Crippen MR) is 122 cm³/mol. The van der Waals surface area contributed by atoms with Gasteiger partial charge in [-0.1, -0.05) is 20.3 Å². The molecule has 0 amide bonds. The molecule has 0 bridgehead atoms. The lowest BCUT2D eigenvalue weighted by molar-refractivity contribution is -0.162. The van der Waals surface area contributed by atoms with Gasteiger partial charge in [0.15, 0.2) is 0 Å². The van der Waals surface area contributed by atoms with Crippen LogP contribution in [0.1, 0.15) is 105 Å². The zero-order chi connectivity index (χ0) is 21.8. The number of fused-ring (bicyclic) bond motifs is 5. The van der Waals surface area contributed by atoms with E-state index in [1.54, 1.807) is 7.11 Å². The summed E-state index contributed by atoms with van der Waals surface area (Å²) >= 11 is 0. The quantitative estimate of drug-likeness (QED) is 0.557. The van der Waals surface area contributed by atoms with Gasteiger partial charge in [0.25, 0.3) is 0 Å². The summed E-state index contributed by atoms with van der Waals surface area (Å²) in [5.74, 6) is 4.19. The normalized spacial score (nSPS) is 48.7. The second kappa shape index (κ2) is 8.03. The molecule has 3 nitrogen and oxygen atoms in total. The largest absolute Gasteiger partial charge is 0.390 e. The average Bonchev–Trinajstić information content (AvgIpc) is 2.98. The molecule has 3 heteroatoms. The van der Waals surface area contributed by atoms with Crippen molar-refractivity contribution < 1.29 is 14.9 Å². The summed E-state index contributed by atoms with van der Waals surface area (Å²) in [6.07, 6.45) is 14.8. The number of methoxy groups -OCH3 is 1. The molecule has 0 heterocycles. The Morgan fingerprint density at radius 1 is 0.933 bits per heavy atom. The van der Waals surface area contributed by atoms with Gasteiger partial charge in [-0.25, -0.2) is 0 Å². The van der Waals surface area contributed by atoms with Gasteiger partial charge in [0, 0.05) is 7.11 Å². The van der Waals surface area contributed by atoms with Crippen molar-refractivity contribution in [3.63, 3.8) is 0 Å². The first-order chi connectivity index (χ1) is 14.0. The molecular formula is C27H48O3. The van der Waals surface area contributed by atoms with E-state index in [1.807, 2.05) is 13.8 Å². The molecular weight excluding hydrogens is 372 g/mol. The minimum absolute atomic E-state index is 0.420. The van der Waals surface area contributed by atoms with Gasteiger partial charge in [-0.3, -0.25) is 0 Å². The average molecular weight is 421 g/mol. The second-order valence-electron chi connectivity index (χ2n) is 13.0. The molecule has 8 unspecified atom stereocenters. The molecule has 4 fully saturated rings. The van der Waals surface area contributed by atoms with Gasteiger partial charge in [-0.15, -0.1) is 0 Å². The van der Waals surface area contributed by atoms with Gasteiger partial charge in [0.2, 0.25) is 0 Å². The first kappa shape index (κ1) is 23.1. The molecule has 4 saturated carbocycles.